The maximum atomic E-state index is 13.0. The number of primary amides is 1. The first-order chi connectivity index (χ1) is 11.8. The molecule has 1 atom stereocenters. The molecule has 6 heteroatoms. The molecule has 2 amide bonds. The van der Waals surface area contributed by atoms with Gasteiger partial charge in [-0.2, -0.15) is 0 Å². The van der Waals surface area contributed by atoms with Crippen LogP contribution in [-0.4, -0.2) is 22.8 Å². The predicted molar refractivity (Wildman–Crippen MR) is 93.3 cm³/mol. The van der Waals surface area contributed by atoms with Gasteiger partial charge >= 0.3 is 0 Å². The molecule has 1 heterocycles. The van der Waals surface area contributed by atoms with Crippen LogP contribution in [0.25, 0.3) is 0 Å². The number of hydrogen-bond acceptors (Lipinski definition) is 3. The lowest BCUT2D eigenvalue weighted by Crippen LogP contribution is -2.45. The fraction of sp³-hybridized carbons (Fsp3) is 0.316. The lowest BCUT2D eigenvalue weighted by Gasteiger charge is -2.17. The fourth-order valence-electron chi connectivity index (χ4n) is 2.47. The average Bonchev–Trinajstić information content (AvgIpc) is 2.56. The molecule has 1 unspecified atom stereocenters. The Bertz CT molecular complexity index is 745. The van der Waals surface area contributed by atoms with E-state index in [1.165, 1.54) is 12.1 Å². The van der Waals surface area contributed by atoms with E-state index < -0.39 is 17.9 Å². The van der Waals surface area contributed by atoms with Crippen molar-refractivity contribution >= 4 is 11.8 Å². The molecule has 5 nitrogen and oxygen atoms in total. The number of carbonyl (C=O) groups is 2. The van der Waals surface area contributed by atoms with E-state index in [1.54, 1.807) is 30.3 Å². The Morgan fingerprint density at radius 2 is 1.84 bits per heavy atom. The molecular weight excluding hydrogens is 321 g/mol. The number of nitrogens with one attached hydrogen (secondary N) is 1. The Labute approximate surface area is 146 Å². The SMILES string of the molecule is CC(C)CC(NC(=O)c1cccc(Cc2ccc(F)cc2)n1)C(N)=O. The summed E-state index contributed by atoms with van der Waals surface area (Å²) in [4.78, 5) is 28.2. The van der Waals surface area contributed by atoms with Gasteiger partial charge in [0.2, 0.25) is 5.91 Å². The molecule has 0 bridgehead atoms. The average molecular weight is 343 g/mol. The highest BCUT2D eigenvalue weighted by Crippen LogP contribution is 2.10. The molecule has 25 heavy (non-hydrogen) atoms. The molecule has 0 saturated carbocycles. The summed E-state index contributed by atoms with van der Waals surface area (Å²) in [6.07, 6.45) is 0.947. The lowest BCUT2D eigenvalue weighted by molar-refractivity contribution is -0.120. The molecule has 1 aromatic carbocycles. The van der Waals surface area contributed by atoms with Gasteiger partial charge in [-0.3, -0.25) is 9.59 Å². The molecular formula is C19H22FN3O2. The number of aromatic nitrogens is 1. The van der Waals surface area contributed by atoms with E-state index in [0.29, 0.717) is 18.5 Å². The Kier molecular flexibility index (Phi) is 6.22. The lowest BCUT2D eigenvalue weighted by atomic mass is 10.0. The van der Waals surface area contributed by atoms with Crippen LogP contribution in [0, 0.1) is 11.7 Å². The summed E-state index contributed by atoms with van der Waals surface area (Å²) in [5.74, 6) is -1.09. The van der Waals surface area contributed by atoms with Crippen molar-refractivity contribution in [2.24, 2.45) is 11.7 Å². The van der Waals surface area contributed by atoms with Gasteiger partial charge in [0, 0.05) is 12.1 Å². The minimum atomic E-state index is -0.727. The van der Waals surface area contributed by atoms with Crippen LogP contribution in [0.2, 0.25) is 0 Å². The van der Waals surface area contributed by atoms with E-state index >= 15 is 0 Å². The Morgan fingerprint density at radius 3 is 2.44 bits per heavy atom. The zero-order valence-electron chi connectivity index (χ0n) is 14.3. The van der Waals surface area contributed by atoms with E-state index in [2.05, 4.69) is 10.3 Å². The first kappa shape index (κ1) is 18.6. The monoisotopic (exact) mass is 343 g/mol. The molecule has 2 rings (SSSR count). The summed E-state index contributed by atoms with van der Waals surface area (Å²) in [5.41, 5.74) is 7.14. The van der Waals surface area contributed by atoms with Gasteiger partial charge in [-0.25, -0.2) is 9.37 Å². The van der Waals surface area contributed by atoms with Gasteiger partial charge in [0.15, 0.2) is 0 Å². The topological polar surface area (TPSA) is 85.1 Å². The van der Waals surface area contributed by atoms with Crippen molar-refractivity contribution < 1.29 is 14.0 Å². The highest BCUT2D eigenvalue weighted by molar-refractivity contribution is 5.95. The van der Waals surface area contributed by atoms with Crippen molar-refractivity contribution in [1.29, 1.82) is 0 Å². The third-order valence-electron chi connectivity index (χ3n) is 3.69. The van der Waals surface area contributed by atoms with Gasteiger partial charge in [0.05, 0.1) is 0 Å². The quantitative estimate of drug-likeness (QED) is 0.810. The molecule has 0 aliphatic heterocycles. The van der Waals surface area contributed by atoms with Crippen molar-refractivity contribution in [3.8, 4) is 0 Å². The second-order valence-corrected chi connectivity index (χ2v) is 6.38. The minimum absolute atomic E-state index is 0.217. The van der Waals surface area contributed by atoms with Gasteiger partial charge in [-0.05, 0) is 42.2 Å². The number of rotatable bonds is 7. The van der Waals surface area contributed by atoms with Gasteiger partial charge in [0.1, 0.15) is 17.6 Å². The van der Waals surface area contributed by atoms with E-state index in [9.17, 15) is 14.0 Å². The van der Waals surface area contributed by atoms with Crippen LogP contribution >= 0.6 is 0 Å². The molecule has 0 aliphatic rings. The highest BCUT2D eigenvalue weighted by atomic mass is 19.1. The van der Waals surface area contributed by atoms with E-state index in [0.717, 1.165) is 5.56 Å². The zero-order valence-corrected chi connectivity index (χ0v) is 14.3. The number of benzene rings is 1. The normalized spacial score (nSPS) is 12.0. The number of amides is 2. The minimum Gasteiger partial charge on any atom is -0.368 e. The Balaban J connectivity index is 2.10. The number of halogens is 1. The second-order valence-electron chi connectivity index (χ2n) is 6.38. The van der Waals surface area contributed by atoms with Crippen LogP contribution in [0.5, 0.6) is 0 Å². The summed E-state index contributed by atoms with van der Waals surface area (Å²) >= 11 is 0. The largest absolute Gasteiger partial charge is 0.368 e. The number of pyridine rings is 1. The van der Waals surface area contributed by atoms with E-state index in [-0.39, 0.29) is 17.4 Å². The molecule has 0 spiro atoms. The summed E-state index contributed by atoms with van der Waals surface area (Å²) < 4.78 is 13.0. The maximum absolute atomic E-state index is 13.0. The number of carbonyl (C=O) groups excluding carboxylic acids is 2. The van der Waals surface area contributed by atoms with Crippen LogP contribution in [0.1, 0.15) is 42.0 Å². The molecule has 0 aliphatic carbocycles. The van der Waals surface area contributed by atoms with Crippen molar-refractivity contribution in [3.63, 3.8) is 0 Å². The van der Waals surface area contributed by atoms with Gasteiger partial charge in [-0.15, -0.1) is 0 Å². The first-order valence-electron chi connectivity index (χ1n) is 8.15. The molecule has 132 valence electrons. The summed E-state index contributed by atoms with van der Waals surface area (Å²) in [7, 11) is 0. The van der Waals surface area contributed by atoms with Crippen molar-refractivity contribution in [3.05, 3.63) is 65.2 Å². The number of hydrogen-bond donors (Lipinski definition) is 2. The van der Waals surface area contributed by atoms with Crippen LogP contribution in [0.4, 0.5) is 4.39 Å². The van der Waals surface area contributed by atoms with Crippen molar-refractivity contribution in [2.75, 3.05) is 0 Å². The fourth-order valence-corrected chi connectivity index (χ4v) is 2.47. The molecule has 1 aromatic heterocycles. The summed E-state index contributed by atoms with van der Waals surface area (Å²) in [6.45, 7) is 3.90. The van der Waals surface area contributed by atoms with Crippen molar-refractivity contribution in [2.45, 2.75) is 32.7 Å². The van der Waals surface area contributed by atoms with Crippen LogP contribution in [0.15, 0.2) is 42.5 Å². The Morgan fingerprint density at radius 1 is 1.16 bits per heavy atom. The third kappa shape index (κ3) is 5.67. The molecule has 0 fully saturated rings. The second kappa shape index (κ2) is 8.37. The smallest absolute Gasteiger partial charge is 0.270 e. The molecule has 0 radical (unpaired) electrons. The number of nitrogens with zero attached hydrogens (tertiary/aromatic N) is 1. The summed E-state index contributed by atoms with van der Waals surface area (Å²) in [6, 6.07) is 10.5. The number of nitrogens with two attached hydrogens (primary N) is 1. The molecule has 3 N–H and O–H groups in total. The van der Waals surface area contributed by atoms with E-state index in [1.807, 2.05) is 13.8 Å². The first-order valence-corrected chi connectivity index (χ1v) is 8.15. The maximum Gasteiger partial charge on any atom is 0.270 e. The van der Waals surface area contributed by atoms with Gasteiger partial charge < -0.3 is 11.1 Å². The van der Waals surface area contributed by atoms with Crippen LogP contribution < -0.4 is 11.1 Å². The van der Waals surface area contributed by atoms with Crippen molar-refractivity contribution in [1.82, 2.24) is 10.3 Å². The molecule has 2 aromatic rings. The van der Waals surface area contributed by atoms with E-state index in [4.69, 9.17) is 5.73 Å². The van der Waals surface area contributed by atoms with Crippen LogP contribution in [0.3, 0.4) is 0 Å². The highest BCUT2D eigenvalue weighted by Gasteiger charge is 2.20. The van der Waals surface area contributed by atoms with Gasteiger partial charge in [-0.1, -0.05) is 32.0 Å². The third-order valence-corrected chi connectivity index (χ3v) is 3.69. The standard InChI is InChI=1S/C19H22FN3O2/c1-12(2)10-17(18(21)24)23-19(25)16-5-3-4-15(22-16)11-13-6-8-14(20)9-7-13/h3-9,12,17H,10-11H2,1-2H3,(H2,21,24)(H,23,25). The predicted octanol–water partition coefficient (Wildman–Crippen LogP) is 2.44. The molecule has 0 saturated heterocycles. The Hall–Kier alpha value is -2.76. The van der Waals surface area contributed by atoms with Crippen LogP contribution in [-0.2, 0) is 11.2 Å². The summed E-state index contributed by atoms with van der Waals surface area (Å²) in [5, 5.41) is 2.64. The van der Waals surface area contributed by atoms with Gasteiger partial charge in [0.25, 0.3) is 5.91 Å². The zero-order chi connectivity index (χ0) is 18.4.